The number of rotatable bonds is 8. The van der Waals surface area contributed by atoms with Crippen LogP contribution in [0.2, 0.25) is 0 Å². The van der Waals surface area contributed by atoms with Crippen LogP contribution in [0.25, 0.3) is 0 Å². The minimum Gasteiger partial charge on any atom is -0.497 e. The van der Waals surface area contributed by atoms with Gasteiger partial charge in [-0.3, -0.25) is 9.59 Å². The van der Waals surface area contributed by atoms with Gasteiger partial charge in [0, 0.05) is 31.3 Å². The summed E-state index contributed by atoms with van der Waals surface area (Å²) in [6, 6.07) is 23.3. The van der Waals surface area contributed by atoms with Gasteiger partial charge < -0.3 is 14.8 Å². The van der Waals surface area contributed by atoms with Crippen LogP contribution in [0.1, 0.15) is 36.6 Å². The molecular weight excluding hydrogens is 710 g/mol. The zero-order valence-electron chi connectivity index (χ0n) is 20.8. The second kappa shape index (κ2) is 13.5. The molecule has 0 aromatic heterocycles. The number of carbonyl (C=O) groups is 3. The van der Waals surface area contributed by atoms with Crippen molar-refractivity contribution in [1.29, 1.82) is 0 Å². The van der Waals surface area contributed by atoms with Crippen LogP contribution in [-0.4, -0.2) is 31.1 Å². The molecule has 4 rings (SSSR count). The van der Waals surface area contributed by atoms with Crippen molar-refractivity contribution in [3.05, 3.63) is 121 Å². The summed E-state index contributed by atoms with van der Waals surface area (Å²) >= 11 is 10.2. The van der Waals surface area contributed by atoms with E-state index in [1.165, 1.54) is 12.3 Å². The Hall–Kier alpha value is -3.80. The van der Waals surface area contributed by atoms with E-state index in [0.29, 0.717) is 37.1 Å². The van der Waals surface area contributed by atoms with Gasteiger partial charge in [0.05, 0.1) is 23.4 Å². The van der Waals surface area contributed by atoms with Crippen molar-refractivity contribution in [2.24, 2.45) is 5.10 Å². The van der Waals surface area contributed by atoms with E-state index in [1.54, 1.807) is 86.0 Å². The number of hydrazone groups is 1. The van der Waals surface area contributed by atoms with E-state index in [2.05, 4.69) is 63.6 Å². The maximum Gasteiger partial charge on any atom is 0.343 e. The van der Waals surface area contributed by atoms with E-state index in [4.69, 9.17) is 9.47 Å². The maximum absolute atomic E-state index is 12.8. The van der Waals surface area contributed by atoms with E-state index in [0.717, 1.165) is 4.47 Å². The van der Waals surface area contributed by atoms with Gasteiger partial charge in [0.15, 0.2) is 5.75 Å². The van der Waals surface area contributed by atoms with E-state index in [-0.39, 0.29) is 17.2 Å². The molecule has 0 bridgehead atoms. The standard InChI is InChI=1S/C29H20Br3N3O5/c1-39-24-11-7-17(8-12-24)27(36)34-23-4-2-3-19(14-23)28(37)35-33-16-20-13-22(31)15-25(32)26(20)40-29(38)18-5-9-21(30)10-6-18/h2-16H,1H3,(H,34,36)(H,35,37). The van der Waals surface area contributed by atoms with Crippen LogP contribution >= 0.6 is 47.8 Å². The lowest BCUT2D eigenvalue weighted by molar-refractivity contribution is 0.0732. The van der Waals surface area contributed by atoms with Crippen molar-refractivity contribution >= 4 is 77.5 Å². The molecule has 0 radical (unpaired) electrons. The lowest BCUT2D eigenvalue weighted by Crippen LogP contribution is -2.18. The Morgan fingerprint density at radius 3 is 2.17 bits per heavy atom. The van der Waals surface area contributed by atoms with Gasteiger partial charge in [-0.25, -0.2) is 10.2 Å². The van der Waals surface area contributed by atoms with Crippen LogP contribution in [0.15, 0.2) is 103 Å². The zero-order valence-corrected chi connectivity index (χ0v) is 25.5. The normalized spacial score (nSPS) is 10.7. The Morgan fingerprint density at radius 1 is 0.775 bits per heavy atom. The molecule has 0 saturated heterocycles. The second-order valence-electron chi connectivity index (χ2n) is 8.16. The largest absolute Gasteiger partial charge is 0.497 e. The number of hydrogen-bond acceptors (Lipinski definition) is 6. The number of halogens is 3. The molecule has 11 heteroatoms. The molecule has 4 aromatic carbocycles. The van der Waals surface area contributed by atoms with E-state index in [9.17, 15) is 14.4 Å². The van der Waals surface area contributed by atoms with Crippen LogP contribution in [0.4, 0.5) is 5.69 Å². The van der Waals surface area contributed by atoms with Crippen molar-refractivity contribution in [3.63, 3.8) is 0 Å². The smallest absolute Gasteiger partial charge is 0.343 e. The first kappa shape index (κ1) is 29.2. The number of esters is 1. The fraction of sp³-hybridized carbons (Fsp3) is 0.0345. The third-order valence-corrected chi connectivity index (χ3v) is 6.99. The number of methoxy groups -OCH3 is 1. The second-order valence-corrected chi connectivity index (χ2v) is 10.9. The summed E-state index contributed by atoms with van der Waals surface area (Å²) in [5.74, 6) is -0.510. The predicted molar refractivity (Wildman–Crippen MR) is 163 cm³/mol. The van der Waals surface area contributed by atoms with Crippen molar-refractivity contribution < 1.29 is 23.9 Å². The fourth-order valence-electron chi connectivity index (χ4n) is 3.43. The molecule has 0 aliphatic heterocycles. The molecule has 0 heterocycles. The quantitative estimate of drug-likeness (QED) is 0.0863. The summed E-state index contributed by atoms with van der Waals surface area (Å²) in [4.78, 5) is 38.0. The van der Waals surface area contributed by atoms with Crippen molar-refractivity contribution in [2.75, 3.05) is 12.4 Å². The first-order chi connectivity index (χ1) is 19.2. The number of carbonyl (C=O) groups excluding carboxylic acids is 3. The third kappa shape index (κ3) is 7.65. The Bertz CT molecular complexity index is 1590. The minimum atomic E-state index is -0.553. The molecule has 0 fully saturated rings. The van der Waals surface area contributed by atoms with Crippen LogP contribution < -0.4 is 20.2 Å². The molecule has 4 aromatic rings. The highest BCUT2D eigenvalue weighted by Gasteiger charge is 2.16. The topological polar surface area (TPSA) is 106 Å². The molecule has 0 unspecified atom stereocenters. The molecule has 202 valence electrons. The monoisotopic (exact) mass is 727 g/mol. The fourth-order valence-corrected chi connectivity index (χ4v) is 5.03. The summed E-state index contributed by atoms with van der Waals surface area (Å²) in [6.07, 6.45) is 1.37. The van der Waals surface area contributed by atoms with Gasteiger partial charge in [-0.05, 0) is 94.8 Å². The highest BCUT2D eigenvalue weighted by atomic mass is 79.9. The Balaban J connectivity index is 1.44. The summed E-state index contributed by atoms with van der Waals surface area (Å²) in [6.45, 7) is 0. The molecule has 0 spiro atoms. The van der Waals surface area contributed by atoms with Gasteiger partial charge in [0.25, 0.3) is 11.8 Å². The number of benzene rings is 4. The van der Waals surface area contributed by atoms with E-state index >= 15 is 0 Å². The highest BCUT2D eigenvalue weighted by Crippen LogP contribution is 2.33. The highest BCUT2D eigenvalue weighted by molar-refractivity contribution is 9.11. The number of nitrogens with one attached hydrogen (secondary N) is 2. The van der Waals surface area contributed by atoms with Crippen LogP contribution in [-0.2, 0) is 0 Å². The van der Waals surface area contributed by atoms with Crippen LogP contribution in [0.3, 0.4) is 0 Å². The number of nitrogens with zero attached hydrogens (tertiary/aromatic N) is 1. The van der Waals surface area contributed by atoms with Gasteiger partial charge in [-0.1, -0.05) is 37.9 Å². The lowest BCUT2D eigenvalue weighted by Gasteiger charge is -2.11. The van der Waals surface area contributed by atoms with Crippen LogP contribution in [0.5, 0.6) is 11.5 Å². The summed E-state index contributed by atoms with van der Waals surface area (Å²) in [5, 5.41) is 6.81. The average Bonchev–Trinajstić information content (AvgIpc) is 2.95. The number of ether oxygens (including phenoxy) is 2. The third-order valence-electron chi connectivity index (χ3n) is 5.42. The molecule has 0 aliphatic carbocycles. The lowest BCUT2D eigenvalue weighted by atomic mass is 10.1. The molecule has 2 amide bonds. The molecule has 0 atom stereocenters. The first-order valence-electron chi connectivity index (χ1n) is 11.6. The maximum atomic E-state index is 12.8. The van der Waals surface area contributed by atoms with Gasteiger partial charge >= 0.3 is 5.97 Å². The summed E-state index contributed by atoms with van der Waals surface area (Å²) in [5.41, 5.74) is 4.43. The first-order valence-corrected chi connectivity index (χ1v) is 14.0. The van der Waals surface area contributed by atoms with Gasteiger partial charge in [0.1, 0.15) is 5.75 Å². The summed E-state index contributed by atoms with van der Waals surface area (Å²) < 4.78 is 12.8. The zero-order chi connectivity index (χ0) is 28.6. The molecule has 0 aliphatic rings. The van der Waals surface area contributed by atoms with Crippen molar-refractivity contribution in [3.8, 4) is 11.5 Å². The predicted octanol–water partition coefficient (Wildman–Crippen LogP) is 7.22. The average molecular weight is 730 g/mol. The number of amides is 2. The number of anilines is 1. The van der Waals surface area contributed by atoms with Crippen LogP contribution in [0, 0.1) is 0 Å². The van der Waals surface area contributed by atoms with Crippen molar-refractivity contribution in [1.82, 2.24) is 5.43 Å². The minimum absolute atomic E-state index is 0.234. The molecular formula is C29H20Br3N3O5. The Labute approximate surface area is 255 Å². The molecule has 2 N–H and O–H groups in total. The number of hydrogen-bond donors (Lipinski definition) is 2. The molecule has 8 nitrogen and oxygen atoms in total. The van der Waals surface area contributed by atoms with Gasteiger partial charge in [-0.2, -0.15) is 5.10 Å². The Morgan fingerprint density at radius 2 is 1.48 bits per heavy atom. The van der Waals surface area contributed by atoms with E-state index in [1.807, 2.05) is 0 Å². The van der Waals surface area contributed by atoms with Gasteiger partial charge in [-0.15, -0.1) is 0 Å². The van der Waals surface area contributed by atoms with Crippen molar-refractivity contribution in [2.45, 2.75) is 0 Å². The summed E-state index contributed by atoms with van der Waals surface area (Å²) in [7, 11) is 1.55. The van der Waals surface area contributed by atoms with Gasteiger partial charge in [0.2, 0.25) is 0 Å². The molecule has 0 saturated carbocycles. The molecule has 40 heavy (non-hydrogen) atoms. The SMILES string of the molecule is COc1ccc(C(=O)Nc2cccc(C(=O)NN=Cc3cc(Br)cc(Br)c3OC(=O)c3ccc(Br)cc3)c2)cc1. The van der Waals surface area contributed by atoms with E-state index < -0.39 is 11.9 Å². The Kier molecular flexibility index (Phi) is 9.86.